The van der Waals surface area contributed by atoms with Crippen molar-refractivity contribution < 1.29 is 22.7 Å². The minimum Gasteiger partial charge on any atom is -0.480 e. The Hall–Kier alpha value is -1.12. The van der Waals surface area contributed by atoms with Crippen LogP contribution >= 0.6 is 11.8 Å². The number of sulfonamides is 1. The maximum atomic E-state index is 13.4. The first-order chi connectivity index (χ1) is 8.88. The van der Waals surface area contributed by atoms with Gasteiger partial charge in [0.25, 0.3) is 0 Å². The van der Waals surface area contributed by atoms with E-state index in [0.717, 1.165) is 12.1 Å². The summed E-state index contributed by atoms with van der Waals surface area (Å²) < 4.78 is 39.2. The van der Waals surface area contributed by atoms with E-state index in [1.54, 1.807) is 6.26 Å². The first-order valence-electron chi connectivity index (χ1n) is 5.37. The van der Waals surface area contributed by atoms with Gasteiger partial charge in [-0.25, -0.2) is 12.8 Å². The number of carbonyl (C=O) groups is 1. The summed E-state index contributed by atoms with van der Waals surface area (Å²) in [6.45, 7) is 0. The highest BCUT2D eigenvalue weighted by molar-refractivity contribution is 7.98. The summed E-state index contributed by atoms with van der Waals surface area (Å²) in [5.41, 5.74) is 0. The van der Waals surface area contributed by atoms with Crippen LogP contribution in [-0.2, 0) is 14.8 Å². The van der Waals surface area contributed by atoms with E-state index >= 15 is 0 Å². The second kappa shape index (κ2) is 6.88. The lowest BCUT2D eigenvalue weighted by Gasteiger charge is -2.14. The molecule has 19 heavy (non-hydrogen) atoms. The molecule has 0 aromatic heterocycles. The van der Waals surface area contributed by atoms with Crippen LogP contribution in [0, 0.1) is 5.82 Å². The average molecular weight is 307 g/mol. The predicted octanol–water partition coefficient (Wildman–Crippen LogP) is 1.31. The van der Waals surface area contributed by atoms with E-state index in [9.17, 15) is 17.6 Å². The zero-order chi connectivity index (χ0) is 14.5. The highest BCUT2D eigenvalue weighted by Crippen LogP contribution is 2.14. The third-order valence-corrected chi connectivity index (χ3v) is 4.48. The zero-order valence-electron chi connectivity index (χ0n) is 10.2. The molecule has 1 aromatic rings. The molecule has 0 heterocycles. The van der Waals surface area contributed by atoms with Crippen LogP contribution in [0.15, 0.2) is 29.2 Å². The molecule has 5 nitrogen and oxygen atoms in total. The molecular formula is C11H14FNO4S2. The van der Waals surface area contributed by atoms with Crippen molar-refractivity contribution in [3.8, 4) is 0 Å². The van der Waals surface area contributed by atoms with E-state index in [-0.39, 0.29) is 6.42 Å². The van der Waals surface area contributed by atoms with Crippen molar-refractivity contribution in [2.75, 3.05) is 12.0 Å². The predicted molar refractivity (Wildman–Crippen MR) is 71.1 cm³/mol. The fourth-order valence-corrected chi connectivity index (χ4v) is 3.16. The van der Waals surface area contributed by atoms with Gasteiger partial charge in [0.05, 0.1) is 0 Å². The largest absolute Gasteiger partial charge is 0.480 e. The number of nitrogens with one attached hydrogen (secondary N) is 1. The van der Waals surface area contributed by atoms with E-state index in [2.05, 4.69) is 0 Å². The van der Waals surface area contributed by atoms with Gasteiger partial charge in [0, 0.05) is 0 Å². The highest BCUT2D eigenvalue weighted by atomic mass is 32.2. The van der Waals surface area contributed by atoms with Crippen LogP contribution in [0.4, 0.5) is 4.39 Å². The van der Waals surface area contributed by atoms with E-state index in [0.29, 0.717) is 5.75 Å². The Balaban J connectivity index is 2.95. The molecule has 1 aromatic carbocycles. The smallest absolute Gasteiger partial charge is 0.321 e. The first kappa shape index (κ1) is 15.9. The minimum absolute atomic E-state index is 0.129. The Labute approximate surface area is 115 Å². The van der Waals surface area contributed by atoms with Crippen molar-refractivity contribution in [1.29, 1.82) is 0 Å². The molecule has 0 radical (unpaired) electrons. The average Bonchev–Trinajstić information content (AvgIpc) is 2.34. The number of rotatable bonds is 7. The van der Waals surface area contributed by atoms with Crippen molar-refractivity contribution in [3.63, 3.8) is 0 Å². The summed E-state index contributed by atoms with van der Waals surface area (Å²) in [6, 6.07) is 3.56. The fourth-order valence-electron chi connectivity index (χ4n) is 1.38. The van der Waals surface area contributed by atoms with Crippen LogP contribution in [0.3, 0.4) is 0 Å². The Morgan fingerprint density at radius 1 is 1.47 bits per heavy atom. The topological polar surface area (TPSA) is 83.5 Å². The second-order valence-corrected chi connectivity index (χ2v) is 6.39. The number of carboxylic acids is 1. The zero-order valence-corrected chi connectivity index (χ0v) is 11.8. The van der Waals surface area contributed by atoms with E-state index in [1.165, 1.54) is 23.9 Å². The summed E-state index contributed by atoms with van der Waals surface area (Å²) >= 11 is 1.40. The third kappa shape index (κ3) is 4.48. The van der Waals surface area contributed by atoms with Crippen LogP contribution in [0.1, 0.15) is 6.42 Å². The quantitative estimate of drug-likeness (QED) is 0.793. The van der Waals surface area contributed by atoms with Crippen LogP contribution in [-0.4, -0.2) is 37.5 Å². The van der Waals surface area contributed by atoms with Crippen LogP contribution < -0.4 is 4.72 Å². The SMILES string of the molecule is CSCCC(NS(=O)(=O)c1ccccc1F)C(=O)O. The number of aliphatic carboxylic acids is 1. The van der Waals surface area contributed by atoms with Gasteiger partial charge in [-0.05, 0) is 30.6 Å². The molecule has 0 saturated carbocycles. The van der Waals surface area contributed by atoms with Crippen molar-refractivity contribution in [3.05, 3.63) is 30.1 Å². The van der Waals surface area contributed by atoms with Gasteiger partial charge in [-0.1, -0.05) is 12.1 Å². The van der Waals surface area contributed by atoms with Crippen LogP contribution in [0.25, 0.3) is 0 Å². The Morgan fingerprint density at radius 3 is 2.63 bits per heavy atom. The number of carboxylic acid groups (broad SMARTS) is 1. The normalized spacial score (nSPS) is 13.2. The van der Waals surface area contributed by atoms with Gasteiger partial charge in [0.15, 0.2) is 0 Å². The molecule has 106 valence electrons. The molecule has 8 heteroatoms. The van der Waals surface area contributed by atoms with Gasteiger partial charge < -0.3 is 5.11 Å². The maximum Gasteiger partial charge on any atom is 0.321 e. The fraction of sp³-hybridized carbons (Fsp3) is 0.364. The summed E-state index contributed by atoms with van der Waals surface area (Å²) in [6.07, 6.45) is 1.91. The summed E-state index contributed by atoms with van der Waals surface area (Å²) in [5.74, 6) is -1.71. The van der Waals surface area contributed by atoms with Gasteiger partial charge in [0.1, 0.15) is 16.8 Å². The second-order valence-electron chi connectivity index (χ2n) is 3.72. The highest BCUT2D eigenvalue weighted by Gasteiger charge is 2.26. The van der Waals surface area contributed by atoms with Gasteiger partial charge in [0.2, 0.25) is 10.0 Å². The van der Waals surface area contributed by atoms with E-state index < -0.39 is 32.7 Å². The molecule has 1 atom stereocenters. The molecule has 0 aliphatic rings. The molecule has 0 aliphatic heterocycles. The lowest BCUT2D eigenvalue weighted by Crippen LogP contribution is -2.41. The molecule has 1 unspecified atom stereocenters. The monoisotopic (exact) mass is 307 g/mol. The van der Waals surface area contributed by atoms with E-state index in [4.69, 9.17) is 5.11 Å². The van der Waals surface area contributed by atoms with Crippen molar-refractivity contribution in [2.24, 2.45) is 0 Å². The Bertz CT molecular complexity index is 547. The summed E-state index contributed by atoms with van der Waals surface area (Å²) in [7, 11) is -4.18. The number of halogens is 1. The number of benzene rings is 1. The van der Waals surface area contributed by atoms with Gasteiger partial charge in [-0.15, -0.1) is 0 Å². The molecule has 0 saturated heterocycles. The number of hydrogen-bond donors (Lipinski definition) is 2. The molecule has 0 bridgehead atoms. The molecule has 1 rings (SSSR count). The lowest BCUT2D eigenvalue weighted by atomic mass is 10.2. The van der Waals surface area contributed by atoms with E-state index in [1.807, 2.05) is 4.72 Å². The minimum atomic E-state index is -4.18. The Kier molecular flexibility index (Phi) is 5.77. The van der Waals surface area contributed by atoms with Crippen molar-refractivity contribution >= 4 is 27.8 Å². The standard InChI is InChI=1S/C11H14FNO4S2/c1-18-7-6-9(11(14)15)13-19(16,17)10-5-3-2-4-8(10)12/h2-5,9,13H,6-7H2,1H3,(H,14,15). The molecular weight excluding hydrogens is 293 g/mol. The Morgan fingerprint density at radius 2 is 2.11 bits per heavy atom. The number of hydrogen-bond acceptors (Lipinski definition) is 4. The summed E-state index contributed by atoms with van der Waals surface area (Å²) in [4.78, 5) is 10.4. The molecule has 0 fully saturated rings. The summed E-state index contributed by atoms with van der Waals surface area (Å²) in [5, 5.41) is 8.95. The third-order valence-electron chi connectivity index (χ3n) is 2.33. The maximum absolute atomic E-state index is 13.4. The van der Waals surface area contributed by atoms with Crippen LogP contribution in [0.2, 0.25) is 0 Å². The molecule has 2 N–H and O–H groups in total. The molecule has 0 spiro atoms. The molecule has 0 amide bonds. The number of thioether (sulfide) groups is 1. The molecule has 0 aliphatic carbocycles. The van der Waals surface area contributed by atoms with Gasteiger partial charge >= 0.3 is 5.97 Å². The van der Waals surface area contributed by atoms with Crippen molar-refractivity contribution in [2.45, 2.75) is 17.4 Å². The van der Waals surface area contributed by atoms with Crippen LogP contribution in [0.5, 0.6) is 0 Å². The first-order valence-corrected chi connectivity index (χ1v) is 8.25. The van der Waals surface area contributed by atoms with Gasteiger partial charge in [-0.2, -0.15) is 16.5 Å². The van der Waals surface area contributed by atoms with Crippen molar-refractivity contribution in [1.82, 2.24) is 4.72 Å². The van der Waals surface area contributed by atoms with Gasteiger partial charge in [-0.3, -0.25) is 4.79 Å². The lowest BCUT2D eigenvalue weighted by molar-refractivity contribution is -0.139.